The Morgan fingerprint density at radius 1 is 1.44 bits per heavy atom. The second-order valence-electron chi connectivity index (χ2n) is 3.55. The smallest absolute Gasteiger partial charge is 0.195 e. The first-order chi connectivity index (χ1) is 7.63. The van der Waals surface area contributed by atoms with E-state index in [-0.39, 0.29) is 5.75 Å². The fourth-order valence-electron chi connectivity index (χ4n) is 1.40. The number of aromatic hydroxyl groups is 1. The van der Waals surface area contributed by atoms with Crippen molar-refractivity contribution in [2.24, 2.45) is 4.99 Å². The standard InChI is InChI=1S/C10H12IN3O2/c11-6-1-7(3-8(15)2-6)14-10-12-4-9(16)5-13-10/h1-3,9,15-16H,4-5H2,(H2,12,13,14). The van der Waals surface area contributed by atoms with Crippen LogP contribution in [0.3, 0.4) is 0 Å². The molecule has 1 aromatic carbocycles. The number of benzene rings is 1. The molecule has 1 heterocycles. The Hall–Kier alpha value is -1.02. The monoisotopic (exact) mass is 333 g/mol. The van der Waals surface area contributed by atoms with E-state index in [1.54, 1.807) is 12.1 Å². The van der Waals surface area contributed by atoms with Gasteiger partial charge in [0, 0.05) is 21.9 Å². The summed E-state index contributed by atoms with van der Waals surface area (Å²) in [5.74, 6) is 0.831. The summed E-state index contributed by atoms with van der Waals surface area (Å²) in [5.41, 5.74) is 0.770. The minimum absolute atomic E-state index is 0.214. The van der Waals surface area contributed by atoms with Gasteiger partial charge in [0.15, 0.2) is 5.96 Å². The lowest BCUT2D eigenvalue weighted by atomic mass is 10.3. The highest BCUT2D eigenvalue weighted by molar-refractivity contribution is 14.1. The highest BCUT2D eigenvalue weighted by atomic mass is 127. The molecule has 0 spiro atoms. The van der Waals surface area contributed by atoms with Crippen LogP contribution in [0, 0.1) is 3.57 Å². The van der Waals surface area contributed by atoms with Crippen LogP contribution in [0.1, 0.15) is 0 Å². The predicted octanol–water partition coefficient (Wildman–Crippen LogP) is 0.729. The highest BCUT2D eigenvalue weighted by Gasteiger charge is 2.11. The van der Waals surface area contributed by atoms with Crippen molar-refractivity contribution in [3.05, 3.63) is 21.8 Å². The van der Waals surface area contributed by atoms with Crippen molar-refractivity contribution in [1.29, 1.82) is 0 Å². The SMILES string of the molecule is Oc1cc(I)cc(NC2=NCC(O)CN2)c1. The van der Waals surface area contributed by atoms with Crippen LogP contribution < -0.4 is 10.6 Å². The van der Waals surface area contributed by atoms with E-state index in [1.165, 1.54) is 0 Å². The third-order valence-electron chi connectivity index (χ3n) is 2.11. The van der Waals surface area contributed by atoms with Gasteiger partial charge in [0.1, 0.15) is 5.75 Å². The Balaban J connectivity index is 2.09. The zero-order valence-corrected chi connectivity index (χ0v) is 10.6. The first kappa shape index (κ1) is 11.5. The van der Waals surface area contributed by atoms with Gasteiger partial charge in [-0.1, -0.05) is 0 Å². The molecule has 0 saturated heterocycles. The van der Waals surface area contributed by atoms with E-state index in [9.17, 15) is 10.2 Å². The zero-order chi connectivity index (χ0) is 11.5. The van der Waals surface area contributed by atoms with Gasteiger partial charge in [0.25, 0.3) is 0 Å². The number of anilines is 1. The molecule has 0 aliphatic carbocycles. The lowest BCUT2D eigenvalue weighted by molar-refractivity contribution is 0.181. The van der Waals surface area contributed by atoms with E-state index in [0.29, 0.717) is 19.0 Å². The third kappa shape index (κ3) is 2.99. The van der Waals surface area contributed by atoms with Gasteiger partial charge < -0.3 is 20.8 Å². The molecule has 1 aliphatic rings. The first-order valence-electron chi connectivity index (χ1n) is 4.86. The summed E-state index contributed by atoms with van der Waals surface area (Å²) < 4.78 is 0.941. The highest BCUT2D eigenvalue weighted by Crippen LogP contribution is 2.20. The summed E-state index contributed by atoms with van der Waals surface area (Å²) in [5, 5.41) is 24.7. The minimum atomic E-state index is -0.421. The molecule has 0 saturated carbocycles. The lowest BCUT2D eigenvalue weighted by Crippen LogP contribution is -2.42. The summed E-state index contributed by atoms with van der Waals surface area (Å²) in [4.78, 5) is 4.13. The molecule has 1 aliphatic heterocycles. The van der Waals surface area contributed by atoms with E-state index in [1.807, 2.05) is 6.07 Å². The maximum Gasteiger partial charge on any atom is 0.195 e. The van der Waals surface area contributed by atoms with Crippen LogP contribution in [0.25, 0.3) is 0 Å². The van der Waals surface area contributed by atoms with Crippen LogP contribution in [0.15, 0.2) is 23.2 Å². The number of halogens is 1. The summed E-state index contributed by atoms with van der Waals surface area (Å²) >= 11 is 2.13. The van der Waals surface area contributed by atoms with Gasteiger partial charge in [-0.25, -0.2) is 0 Å². The van der Waals surface area contributed by atoms with E-state index in [4.69, 9.17) is 0 Å². The number of nitrogens with zero attached hydrogens (tertiary/aromatic N) is 1. The summed E-state index contributed by atoms with van der Waals surface area (Å²) in [7, 11) is 0. The first-order valence-corrected chi connectivity index (χ1v) is 5.94. The Labute approximate surface area is 107 Å². The van der Waals surface area contributed by atoms with Crippen molar-refractivity contribution in [1.82, 2.24) is 5.32 Å². The second-order valence-corrected chi connectivity index (χ2v) is 4.79. The number of nitrogens with one attached hydrogen (secondary N) is 2. The Morgan fingerprint density at radius 3 is 2.88 bits per heavy atom. The molecule has 1 unspecified atom stereocenters. The molecule has 0 bridgehead atoms. The van der Waals surface area contributed by atoms with Crippen molar-refractivity contribution in [3.63, 3.8) is 0 Å². The molecule has 1 atom stereocenters. The van der Waals surface area contributed by atoms with Crippen LogP contribution in [-0.4, -0.2) is 35.4 Å². The third-order valence-corrected chi connectivity index (χ3v) is 2.73. The van der Waals surface area contributed by atoms with Gasteiger partial charge in [-0.2, -0.15) is 0 Å². The zero-order valence-electron chi connectivity index (χ0n) is 8.44. The number of hydrogen-bond acceptors (Lipinski definition) is 5. The molecule has 0 amide bonds. The average Bonchev–Trinajstić information content (AvgIpc) is 2.20. The molecular weight excluding hydrogens is 321 g/mol. The molecule has 5 nitrogen and oxygen atoms in total. The molecule has 6 heteroatoms. The van der Waals surface area contributed by atoms with E-state index >= 15 is 0 Å². The van der Waals surface area contributed by atoms with Crippen LogP contribution in [-0.2, 0) is 0 Å². The van der Waals surface area contributed by atoms with Crippen molar-refractivity contribution < 1.29 is 10.2 Å². The average molecular weight is 333 g/mol. The van der Waals surface area contributed by atoms with Crippen LogP contribution in [0.5, 0.6) is 5.75 Å². The number of aliphatic hydroxyl groups excluding tert-OH is 1. The number of phenols is 1. The number of phenolic OH excluding ortho intramolecular Hbond substituents is 1. The van der Waals surface area contributed by atoms with E-state index < -0.39 is 6.10 Å². The van der Waals surface area contributed by atoms with Gasteiger partial charge in [-0.15, -0.1) is 0 Å². The molecular formula is C10H12IN3O2. The molecule has 2 rings (SSSR count). The normalized spacial score (nSPS) is 19.9. The number of aliphatic hydroxyl groups is 1. The van der Waals surface area contributed by atoms with Crippen molar-refractivity contribution in [3.8, 4) is 5.75 Å². The summed E-state index contributed by atoms with van der Waals surface area (Å²) in [6.07, 6.45) is -0.421. The molecule has 0 aromatic heterocycles. The molecule has 86 valence electrons. The van der Waals surface area contributed by atoms with Crippen LogP contribution in [0.2, 0.25) is 0 Å². The van der Waals surface area contributed by atoms with Crippen molar-refractivity contribution >= 4 is 34.2 Å². The van der Waals surface area contributed by atoms with Gasteiger partial charge in [-0.05, 0) is 34.7 Å². The molecule has 16 heavy (non-hydrogen) atoms. The van der Waals surface area contributed by atoms with E-state index in [0.717, 1.165) is 9.26 Å². The van der Waals surface area contributed by atoms with Crippen molar-refractivity contribution in [2.75, 3.05) is 18.4 Å². The number of hydrogen-bond donors (Lipinski definition) is 4. The van der Waals surface area contributed by atoms with Gasteiger partial charge in [-0.3, -0.25) is 4.99 Å². The minimum Gasteiger partial charge on any atom is -0.508 e. The summed E-state index contributed by atoms with van der Waals surface area (Å²) in [6.45, 7) is 0.882. The Bertz CT molecular complexity index is 402. The molecule has 0 fully saturated rings. The number of guanidine groups is 1. The lowest BCUT2D eigenvalue weighted by Gasteiger charge is -2.20. The van der Waals surface area contributed by atoms with Gasteiger partial charge in [0.05, 0.1) is 12.6 Å². The van der Waals surface area contributed by atoms with Crippen molar-refractivity contribution in [2.45, 2.75) is 6.10 Å². The molecule has 0 radical (unpaired) electrons. The number of β-amino-alcohol motifs (C(OH)–C–C–N with tert-alkyl or cyclic N) is 1. The molecule has 1 aromatic rings. The Morgan fingerprint density at radius 2 is 2.25 bits per heavy atom. The maximum absolute atomic E-state index is 9.42. The fraction of sp³-hybridized carbons (Fsp3) is 0.300. The second kappa shape index (κ2) is 4.88. The Kier molecular flexibility index (Phi) is 3.49. The molecule has 4 N–H and O–H groups in total. The van der Waals surface area contributed by atoms with Gasteiger partial charge >= 0.3 is 0 Å². The van der Waals surface area contributed by atoms with E-state index in [2.05, 4.69) is 38.2 Å². The van der Waals surface area contributed by atoms with Crippen LogP contribution >= 0.6 is 22.6 Å². The topological polar surface area (TPSA) is 76.9 Å². The number of aliphatic imine (C=N–C) groups is 1. The fourth-order valence-corrected chi connectivity index (χ4v) is 2.05. The van der Waals surface area contributed by atoms with Gasteiger partial charge in [0.2, 0.25) is 0 Å². The largest absolute Gasteiger partial charge is 0.508 e. The van der Waals surface area contributed by atoms with Crippen LogP contribution in [0.4, 0.5) is 5.69 Å². The summed E-state index contributed by atoms with van der Waals surface area (Å²) in [6, 6.07) is 5.19. The predicted molar refractivity (Wildman–Crippen MR) is 70.8 cm³/mol. The maximum atomic E-state index is 9.42. The number of rotatable bonds is 1. The quantitative estimate of drug-likeness (QED) is 0.572.